The van der Waals surface area contributed by atoms with Crippen LogP contribution in [0.3, 0.4) is 0 Å². The van der Waals surface area contributed by atoms with E-state index in [0.717, 1.165) is 37.8 Å². The van der Waals surface area contributed by atoms with E-state index < -0.39 is 29.6 Å². The normalized spacial score (nSPS) is 14.2. The highest BCUT2D eigenvalue weighted by atomic mass is 79.9. The number of carboxylic acid groups (broad SMARTS) is 1. The summed E-state index contributed by atoms with van der Waals surface area (Å²) in [5.41, 5.74) is 4.20. The number of carbonyl (C=O) groups excluding carboxylic acids is 3. The number of carboxylic acids is 1. The number of nitrogens with zero attached hydrogens (tertiary/aromatic N) is 1. The number of ether oxygens (including phenoxy) is 1. The number of rotatable bonds is 8. The van der Waals surface area contributed by atoms with Gasteiger partial charge in [-0.15, -0.1) is 0 Å². The van der Waals surface area contributed by atoms with Crippen molar-refractivity contribution < 1.29 is 29.0 Å². The van der Waals surface area contributed by atoms with Crippen molar-refractivity contribution in [3.05, 3.63) is 97.9 Å². The van der Waals surface area contributed by atoms with Crippen LogP contribution in [0.15, 0.2) is 70.0 Å². The summed E-state index contributed by atoms with van der Waals surface area (Å²) < 4.78 is 6.68. The van der Waals surface area contributed by atoms with E-state index in [1.54, 1.807) is 42.5 Å². The highest BCUT2D eigenvalue weighted by Gasteiger charge is 2.36. The third kappa shape index (κ3) is 6.51. The standard InChI is InChI=1S/C28H23BrN2O6S/c1-16-3-9-22(11-17(16)2)30-25(32)14-31-26(33)24(38-28(31)36)13-20-12-21(29)8-10-23(20)37-15-18-4-6-19(7-5-18)27(34)35/h3-13H,14-15H2,1-2H3,(H,30,32)(H,34,35)/b24-13+. The molecular weight excluding hydrogens is 572 g/mol. The van der Waals surface area contributed by atoms with Crippen molar-refractivity contribution in [2.24, 2.45) is 0 Å². The summed E-state index contributed by atoms with van der Waals surface area (Å²) in [4.78, 5) is 50.3. The van der Waals surface area contributed by atoms with E-state index in [0.29, 0.717) is 17.0 Å². The average molecular weight is 595 g/mol. The molecule has 0 atom stereocenters. The molecule has 3 amide bonds. The lowest BCUT2D eigenvalue weighted by Crippen LogP contribution is -2.36. The molecule has 1 fully saturated rings. The zero-order valence-electron chi connectivity index (χ0n) is 20.5. The lowest BCUT2D eigenvalue weighted by molar-refractivity contribution is -0.127. The van der Waals surface area contributed by atoms with Crippen LogP contribution >= 0.6 is 27.7 Å². The van der Waals surface area contributed by atoms with E-state index in [1.165, 1.54) is 12.1 Å². The summed E-state index contributed by atoms with van der Waals surface area (Å²) in [6.45, 7) is 3.67. The Bertz CT molecular complexity index is 1470. The molecule has 0 saturated carbocycles. The molecule has 3 aromatic carbocycles. The van der Waals surface area contributed by atoms with Crippen molar-refractivity contribution in [2.45, 2.75) is 20.5 Å². The van der Waals surface area contributed by atoms with E-state index >= 15 is 0 Å². The summed E-state index contributed by atoms with van der Waals surface area (Å²) in [6, 6.07) is 17.1. The first-order valence-electron chi connectivity index (χ1n) is 11.5. The van der Waals surface area contributed by atoms with E-state index in [1.807, 2.05) is 26.0 Å². The smallest absolute Gasteiger partial charge is 0.335 e. The average Bonchev–Trinajstić information content (AvgIpc) is 3.13. The van der Waals surface area contributed by atoms with Gasteiger partial charge in [0.1, 0.15) is 18.9 Å². The summed E-state index contributed by atoms with van der Waals surface area (Å²) in [5.74, 6) is -1.58. The molecule has 3 aromatic rings. The third-order valence-electron chi connectivity index (χ3n) is 5.82. The first-order valence-corrected chi connectivity index (χ1v) is 13.1. The number of hydrogen-bond donors (Lipinski definition) is 2. The number of thioether (sulfide) groups is 1. The second-order valence-electron chi connectivity index (χ2n) is 8.59. The molecule has 1 saturated heterocycles. The fourth-order valence-corrected chi connectivity index (χ4v) is 4.82. The second kappa shape index (κ2) is 11.7. The molecule has 0 spiro atoms. The maximum atomic E-state index is 13.0. The molecular formula is C28H23BrN2O6S. The van der Waals surface area contributed by atoms with Crippen molar-refractivity contribution in [3.8, 4) is 5.75 Å². The number of halogens is 1. The maximum Gasteiger partial charge on any atom is 0.335 e. The number of imide groups is 1. The third-order valence-corrected chi connectivity index (χ3v) is 7.22. The van der Waals surface area contributed by atoms with E-state index in [2.05, 4.69) is 21.2 Å². The van der Waals surface area contributed by atoms with Gasteiger partial charge in [-0.1, -0.05) is 34.1 Å². The number of amides is 3. The van der Waals surface area contributed by atoms with E-state index in [9.17, 15) is 19.2 Å². The summed E-state index contributed by atoms with van der Waals surface area (Å²) in [6.07, 6.45) is 1.56. The van der Waals surface area contributed by atoms with Gasteiger partial charge in [-0.2, -0.15) is 0 Å². The van der Waals surface area contributed by atoms with E-state index in [-0.39, 0.29) is 17.1 Å². The van der Waals surface area contributed by atoms with Crippen molar-refractivity contribution in [1.29, 1.82) is 0 Å². The van der Waals surface area contributed by atoms with Crippen LogP contribution in [0.5, 0.6) is 5.75 Å². The second-order valence-corrected chi connectivity index (χ2v) is 10.5. The lowest BCUT2D eigenvalue weighted by Gasteiger charge is -2.13. The molecule has 4 rings (SSSR count). The first kappa shape index (κ1) is 27.2. The topological polar surface area (TPSA) is 113 Å². The summed E-state index contributed by atoms with van der Waals surface area (Å²) >= 11 is 4.17. The Morgan fingerprint density at radius 3 is 2.45 bits per heavy atom. The van der Waals surface area contributed by atoms with Crippen LogP contribution in [0.25, 0.3) is 6.08 Å². The van der Waals surface area contributed by atoms with Gasteiger partial charge in [0.15, 0.2) is 0 Å². The highest BCUT2D eigenvalue weighted by molar-refractivity contribution is 9.10. The van der Waals surface area contributed by atoms with Gasteiger partial charge in [0.2, 0.25) is 5.91 Å². The number of nitrogens with one attached hydrogen (secondary N) is 1. The number of hydrogen-bond acceptors (Lipinski definition) is 6. The van der Waals surface area contributed by atoms with Crippen LogP contribution in [0.2, 0.25) is 0 Å². The SMILES string of the molecule is Cc1ccc(NC(=O)CN2C(=O)S/C(=C/c3cc(Br)ccc3OCc3ccc(C(=O)O)cc3)C2=O)cc1C. The Labute approximate surface area is 231 Å². The summed E-state index contributed by atoms with van der Waals surface area (Å²) in [5, 5.41) is 11.2. The van der Waals surface area contributed by atoms with Crippen LogP contribution in [-0.4, -0.2) is 39.6 Å². The fraction of sp³-hybridized carbons (Fsp3) is 0.143. The molecule has 1 aliphatic heterocycles. The molecule has 194 valence electrons. The molecule has 1 aliphatic rings. The lowest BCUT2D eigenvalue weighted by atomic mass is 10.1. The molecule has 0 unspecified atom stereocenters. The Morgan fingerprint density at radius 1 is 1.03 bits per heavy atom. The van der Waals surface area contributed by atoms with Crippen LogP contribution in [0.4, 0.5) is 10.5 Å². The van der Waals surface area contributed by atoms with Gasteiger partial charge in [-0.05, 0) is 90.8 Å². The van der Waals surface area contributed by atoms with Gasteiger partial charge in [-0.25, -0.2) is 4.79 Å². The molecule has 38 heavy (non-hydrogen) atoms. The molecule has 10 heteroatoms. The Hall–Kier alpha value is -3.89. The predicted octanol–water partition coefficient (Wildman–Crippen LogP) is 6.02. The van der Waals surface area contributed by atoms with Gasteiger partial charge < -0.3 is 15.2 Å². The molecule has 2 N–H and O–H groups in total. The number of benzene rings is 3. The number of aromatic carboxylic acids is 1. The molecule has 1 heterocycles. The molecule has 0 aliphatic carbocycles. The first-order chi connectivity index (χ1) is 18.1. The van der Waals surface area contributed by atoms with Crippen LogP contribution < -0.4 is 10.1 Å². The van der Waals surface area contributed by atoms with Gasteiger partial charge in [-0.3, -0.25) is 19.3 Å². The van der Waals surface area contributed by atoms with Crippen LogP contribution in [0.1, 0.15) is 32.6 Å². The predicted molar refractivity (Wildman–Crippen MR) is 149 cm³/mol. The maximum absolute atomic E-state index is 13.0. The number of carbonyl (C=O) groups is 4. The van der Waals surface area contributed by atoms with Crippen LogP contribution in [0, 0.1) is 13.8 Å². The summed E-state index contributed by atoms with van der Waals surface area (Å²) in [7, 11) is 0. The number of aryl methyl sites for hydroxylation is 2. The Kier molecular flexibility index (Phi) is 8.33. The van der Waals surface area contributed by atoms with Gasteiger partial charge in [0, 0.05) is 15.7 Å². The highest BCUT2D eigenvalue weighted by Crippen LogP contribution is 2.35. The monoisotopic (exact) mass is 594 g/mol. The molecule has 0 radical (unpaired) electrons. The Balaban J connectivity index is 1.46. The number of anilines is 1. The largest absolute Gasteiger partial charge is 0.488 e. The van der Waals surface area contributed by atoms with Crippen molar-refractivity contribution >= 4 is 62.5 Å². The Morgan fingerprint density at radius 2 is 1.76 bits per heavy atom. The van der Waals surface area contributed by atoms with Crippen LogP contribution in [-0.2, 0) is 16.2 Å². The van der Waals surface area contributed by atoms with Crippen molar-refractivity contribution in [2.75, 3.05) is 11.9 Å². The van der Waals surface area contributed by atoms with Crippen molar-refractivity contribution in [3.63, 3.8) is 0 Å². The van der Waals surface area contributed by atoms with Crippen molar-refractivity contribution in [1.82, 2.24) is 4.90 Å². The molecule has 0 aromatic heterocycles. The minimum atomic E-state index is -1.01. The zero-order chi connectivity index (χ0) is 27.4. The van der Waals surface area contributed by atoms with Gasteiger partial charge in [0.25, 0.3) is 11.1 Å². The quantitative estimate of drug-likeness (QED) is 0.307. The van der Waals surface area contributed by atoms with Gasteiger partial charge in [0.05, 0.1) is 10.5 Å². The molecule has 8 nitrogen and oxygen atoms in total. The van der Waals surface area contributed by atoms with E-state index in [4.69, 9.17) is 9.84 Å². The fourth-order valence-electron chi connectivity index (χ4n) is 3.61. The minimum Gasteiger partial charge on any atom is -0.488 e. The van der Waals surface area contributed by atoms with Gasteiger partial charge >= 0.3 is 5.97 Å². The molecule has 0 bridgehead atoms. The zero-order valence-corrected chi connectivity index (χ0v) is 22.9. The minimum absolute atomic E-state index is 0.169.